The average molecular weight is 221 g/mol. The van der Waals surface area contributed by atoms with Crippen LogP contribution in [-0.4, -0.2) is 4.98 Å². The fraction of sp³-hybridized carbons (Fsp3) is 0.615. The molecule has 0 aliphatic heterocycles. The Balaban J connectivity index is 2.49. The molecule has 0 radical (unpaired) electrons. The number of nitrogens with zero attached hydrogens (tertiary/aromatic N) is 1. The second-order valence-electron chi connectivity index (χ2n) is 4.85. The monoisotopic (exact) mass is 221 g/mol. The summed E-state index contributed by atoms with van der Waals surface area (Å²) in [6.45, 7) is 9.08. The van der Waals surface area contributed by atoms with Crippen molar-refractivity contribution in [3.63, 3.8) is 0 Å². The normalized spacial score (nSPS) is 26.4. The first kappa shape index (κ1) is 10.9. The van der Waals surface area contributed by atoms with E-state index < -0.39 is 0 Å². The molecule has 0 fully saturated rings. The van der Waals surface area contributed by atoms with E-state index in [1.165, 1.54) is 21.3 Å². The van der Waals surface area contributed by atoms with Gasteiger partial charge in [-0.2, -0.15) is 0 Å². The first-order valence-electron chi connectivity index (χ1n) is 5.71. The number of hydrogen-bond donors (Lipinski definition) is 0. The highest BCUT2D eigenvalue weighted by Crippen LogP contribution is 2.36. The van der Waals surface area contributed by atoms with E-state index in [0.29, 0.717) is 5.41 Å². The van der Waals surface area contributed by atoms with Gasteiger partial charge in [0.1, 0.15) is 0 Å². The van der Waals surface area contributed by atoms with Gasteiger partial charge in [0.25, 0.3) is 0 Å². The second kappa shape index (κ2) is 3.75. The van der Waals surface area contributed by atoms with Crippen LogP contribution in [0.25, 0.3) is 12.2 Å². The molecular weight excluding hydrogens is 202 g/mol. The molecule has 2 heteroatoms. The van der Waals surface area contributed by atoms with Gasteiger partial charge in [0.2, 0.25) is 0 Å². The highest BCUT2D eigenvalue weighted by Gasteiger charge is 2.28. The highest BCUT2D eigenvalue weighted by atomic mass is 32.1. The summed E-state index contributed by atoms with van der Waals surface area (Å²) in [6, 6.07) is 0. The Kier molecular flexibility index (Phi) is 2.72. The molecule has 0 spiro atoms. The summed E-state index contributed by atoms with van der Waals surface area (Å²) in [5, 5.41) is 2.39. The maximum Gasteiger partial charge on any atom is 0.0907 e. The van der Waals surface area contributed by atoms with Gasteiger partial charge in [0, 0.05) is 0 Å². The van der Waals surface area contributed by atoms with E-state index in [1.54, 1.807) is 0 Å². The summed E-state index contributed by atoms with van der Waals surface area (Å²) in [5.74, 6) is 0.740. The van der Waals surface area contributed by atoms with Gasteiger partial charge in [-0.3, -0.25) is 0 Å². The standard InChI is InChI=1S/C13H19NS/c1-5-9(2)13(4)7-6-11-12(8-13)15-10(3)14-11/h6,8-9H,5,7H2,1-4H3. The highest BCUT2D eigenvalue weighted by molar-refractivity contribution is 7.09. The van der Waals surface area contributed by atoms with Crippen LogP contribution in [-0.2, 0) is 0 Å². The molecule has 1 aromatic heterocycles. The Morgan fingerprint density at radius 3 is 3.00 bits per heavy atom. The number of rotatable bonds is 2. The maximum absolute atomic E-state index is 4.53. The molecule has 2 rings (SSSR count). The lowest BCUT2D eigenvalue weighted by Crippen LogP contribution is -2.34. The Bertz CT molecular complexity index is 471. The molecule has 0 saturated carbocycles. The smallest absolute Gasteiger partial charge is 0.0907 e. The summed E-state index contributed by atoms with van der Waals surface area (Å²) >= 11 is 1.82. The van der Waals surface area contributed by atoms with Crippen LogP contribution in [0.2, 0.25) is 0 Å². The number of aryl methyl sites for hydroxylation is 1. The Labute approximate surface area is 95.6 Å². The van der Waals surface area contributed by atoms with E-state index in [0.717, 1.165) is 12.3 Å². The lowest BCUT2D eigenvalue weighted by Gasteiger charge is -2.32. The van der Waals surface area contributed by atoms with E-state index in [1.807, 2.05) is 11.3 Å². The first-order chi connectivity index (χ1) is 7.05. The van der Waals surface area contributed by atoms with Crippen LogP contribution in [0, 0.1) is 18.3 Å². The van der Waals surface area contributed by atoms with Crippen molar-refractivity contribution in [2.75, 3.05) is 0 Å². The van der Waals surface area contributed by atoms with Crippen molar-refractivity contribution in [2.24, 2.45) is 11.3 Å². The Morgan fingerprint density at radius 1 is 1.60 bits per heavy atom. The Morgan fingerprint density at radius 2 is 2.33 bits per heavy atom. The third kappa shape index (κ3) is 1.87. The fourth-order valence-corrected chi connectivity index (χ4v) is 3.22. The zero-order chi connectivity index (χ0) is 11.1. The SMILES string of the molecule is CCC(C)C1(C)C=c2sc(C)nc2=CC1. The molecule has 15 heavy (non-hydrogen) atoms. The molecule has 1 nitrogen and oxygen atoms in total. The Hall–Kier alpha value is -0.630. The molecule has 0 saturated heterocycles. The molecule has 0 amide bonds. The maximum atomic E-state index is 4.53. The van der Waals surface area contributed by atoms with Gasteiger partial charge >= 0.3 is 0 Å². The van der Waals surface area contributed by atoms with Crippen molar-refractivity contribution in [2.45, 2.75) is 40.5 Å². The number of thiazole rings is 1. The van der Waals surface area contributed by atoms with Gasteiger partial charge < -0.3 is 0 Å². The number of fused-ring (bicyclic) bond motifs is 1. The quantitative estimate of drug-likeness (QED) is 0.747. The predicted molar refractivity (Wildman–Crippen MR) is 67.2 cm³/mol. The van der Waals surface area contributed by atoms with Crippen molar-refractivity contribution in [1.82, 2.24) is 4.98 Å². The van der Waals surface area contributed by atoms with Gasteiger partial charge in [-0.25, -0.2) is 4.98 Å². The van der Waals surface area contributed by atoms with Crippen LogP contribution < -0.4 is 9.88 Å². The minimum absolute atomic E-state index is 0.334. The average Bonchev–Trinajstić information content (AvgIpc) is 2.56. The van der Waals surface area contributed by atoms with Crippen LogP contribution in [0.3, 0.4) is 0 Å². The van der Waals surface area contributed by atoms with Gasteiger partial charge in [-0.05, 0) is 24.7 Å². The third-order valence-corrected chi connectivity index (χ3v) is 4.66. The van der Waals surface area contributed by atoms with Gasteiger partial charge in [0.05, 0.1) is 14.9 Å². The van der Waals surface area contributed by atoms with Crippen LogP contribution in [0.1, 0.15) is 38.6 Å². The lowest BCUT2D eigenvalue weighted by atomic mass is 9.73. The van der Waals surface area contributed by atoms with Crippen LogP contribution in [0.5, 0.6) is 0 Å². The van der Waals surface area contributed by atoms with E-state index in [-0.39, 0.29) is 0 Å². The minimum Gasteiger partial charge on any atom is -0.242 e. The van der Waals surface area contributed by atoms with Crippen LogP contribution in [0.4, 0.5) is 0 Å². The predicted octanol–water partition coefficient (Wildman–Crippen LogP) is 2.47. The molecule has 1 aliphatic carbocycles. The largest absolute Gasteiger partial charge is 0.242 e. The summed E-state index contributed by atoms with van der Waals surface area (Å²) in [6.07, 6.45) is 7.14. The lowest BCUT2D eigenvalue weighted by molar-refractivity contribution is 0.299. The summed E-state index contributed by atoms with van der Waals surface area (Å²) in [5.41, 5.74) is 0.334. The summed E-state index contributed by atoms with van der Waals surface area (Å²) in [7, 11) is 0. The second-order valence-corrected chi connectivity index (χ2v) is 6.08. The van der Waals surface area contributed by atoms with Crippen LogP contribution in [0.15, 0.2) is 0 Å². The molecular formula is C13H19NS. The molecule has 1 heterocycles. The molecule has 1 aliphatic rings. The summed E-state index contributed by atoms with van der Waals surface area (Å²) < 4.78 is 1.38. The molecule has 2 atom stereocenters. The van der Waals surface area contributed by atoms with Gasteiger partial charge in [-0.15, -0.1) is 11.3 Å². The molecule has 0 bridgehead atoms. The third-order valence-electron chi connectivity index (χ3n) is 3.72. The van der Waals surface area contributed by atoms with E-state index in [9.17, 15) is 0 Å². The molecule has 1 aromatic rings. The molecule has 2 unspecified atom stereocenters. The van der Waals surface area contributed by atoms with Crippen molar-refractivity contribution in [3.05, 3.63) is 14.9 Å². The van der Waals surface area contributed by atoms with Crippen LogP contribution >= 0.6 is 11.3 Å². The van der Waals surface area contributed by atoms with Crippen molar-refractivity contribution < 1.29 is 0 Å². The van der Waals surface area contributed by atoms with Crippen molar-refractivity contribution in [3.8, 4) is 0 Å². The van der Waals surface area contributed by atoms with Crippen molar-refractivity contribution in [1.29, 1.82) is 0 Å². The summed E-state index contributed by atoms with van der Waals surface area (Å²) in [4.78, 5) is 4.53. The molecule has 0 N–H and O–H groups in total. The molecule has 0 aromatic carbocycles. The van der Waals surface area contributed by atoms with Crippen molar-refractivity contribution >= 4 is 23.5 Å². The fourth-order valence-electron chi connectivity index (χ4n) is 2.19. The first-order valence-corrected chi connectivity index (χ1v) is 6.53. The zero-order valence-electron chi connectivity index (χ0n) is 10.0. The zero-order valence-corrected chi connectivity index (χ0v) is 10.8. The number of aromatic nitrogens is 1. The van der Waals surface area contributed by atoms with E-state index in [4.69, 9.17) is 0 Å². The topological polar surface area (TPSA) is 12.9 Å². The minimum atomic E-state index is 0.334. The van der Waals surface area contributed by atoms with E-state index in [2.05, 4.69) is 44.8 Å². The molecule has 82 valence electrons. The van der Waals surface area contributed by atoms with Gasteiger partial charge in [-0.1, -0.05) is 39.3 Å². The van der Waals surface area contributed by atoms with Gasteiger partial charge in [0.15, 0.2) is 0 Å². The number of hydrogen-bond acceptors (Lipinski definition) is 2. The van der Waals surface area contributed by atoms with E-state index >= 15 is 0 Å².